The van der Waals surface area contributed by atoms with Gasteiger partial charge >= 0.3 is 0 Å². The molecule has 1 N–H and O–H groups in total. The van der Waals surface area contributed by atoms with Crippen molar-refractivity contribution >= 4 is 21.6 Å². The number of hydrogen-bond acceptors (Lipinski definition) is 3. The van der Waals surface area contributed by atoms with Gasteiger partial charge in [-0.3, -0.25) is 0 Å². The maximum atomic E-state index is 5.65. The molecule has 0 heterocycles. The van der Waals surface area contributed by atoms with E-state index in [1.807, 2.05) is 48.5 Å². The minimum absolute atomic E-state index is 0.592. The Labute approximate surface area is 121 Å². The lowest BCUT2D eigenvalue weighted by atomic mass is 10.3. The maximum Gasteiger partial charge on any atom is 0.123 e. The first kappa shape index (κ1) is 13.7. The number of para-hydroxylation sites is 1. The minimum atomic E-state index is 0.592. The molecule has 0 unspecified atom stereocenters. The molecule has 0 atom stereocenters. The second kappa shape index (κ2) is 7.04. The van der Waals surface area contributed by atoms with Crippen molar-refractivity contribution in [3.05, 3.63) is 53.0 Å². The van der Waals surface area contributed by atoms with Crippen LogP contribution in [0.5, 0.6) is 11.5 Å². The number of anilines is 1. The molecule has 0 aromatic heterocycles. The smallest absolute Gasteiger partial charge is 0.123 e. The summed E-state index contributed by atoms with van der Waals surface area (Å²) in [4.78, 5) is 0. The van der Waals surface area contributed by atoms with E-state index in [-0.39, 0.29) is 0 Å². The summed E-state index contributed by atoms with van der Waals surface area (Å²) in [6, 6.07) is 15.6. The summed E-state index contributed by atoms with van der Waals surface area (Å²) in [6.07, 6.45) is 0. The highest BCUT2D eigenvalue weighted by molar-refractivity contribution is 9.10. The van der Waals surface area contributed by atoms with E-state index in [2.05, 4.69) is 21.2 Å². The molecule has 0 spiro atoms. The predicted molar refractivity (Wildman–Crippen MR) is 81.1 cm³/mol. The van der Waals surface area contributed by atoms with Crippen LogP contribution in [-0.2, 0) is 0 Å². The Morgan fingerprint density at radius 3 is 2.63 bits per heavy atom. The molecular weight excluding hydrogens is 306 g/mol. The van der Waals surface area contributed by atoms with Crippen molar-refractivity contribution in [3.63, 3.8) is 0 Å². The van der Waals surface area contributed by atoms with Crippen LogP contribution in [0.2, 0.25) is 0 Å². The van der Waals surface area contributed by atoms with Crippen LogP contribution in [0.4, 0.5) is 5.69 Å². The number of nitrogens with one attached hydrogen (secondary N) is 1. The van der Waals surface area contributed by atoms with Gasteiger partial charge in [0.2, 0.25) is 0 Å². The molecule has 0 bridgehead atoms. The lowest BCUT2D eigenvalue weighted by Gasteiger charge is -2.10. The molecule has 4 heteroatoms. The summed E-state index contributed by atoms with van der Waals surface area (Å²) in [5, 5.41) is 3.31. The van der Waals surface area contributed by atoms with E-state index >= 15 is 0 Å². The number of rotatable bonds is 6. The van der Waals surface area contributed by atoms with Crippen molar-refractivity contribution in [2.45, 2.75) is 0 Å². The van der Waals surface area contributed by atoms with Crippen LogP contribution in [0.1, 0.15) is 0 Å². The monoisotopic (exact) mass is 321 g/mol. The van der Waals surface area contributed by atoms with Crippen molar-refractivity contribution in [2.75, 3.05) is 25.6 Å². The number of methoxy groups -OCH3 is 1. The highest BCUT2D eigenvalue weighted by atomic mass is 79.9. The van der Waals surface area contributed by atoms with Crippen molar-refractivity contribution in [2.24, 2.45) is 0 Å². The van der Waals surface area contributed by atoms with E-state index in [0.29, 0.717) is 6.61 Å². The average molecular weight is 322 g/mol. The third-order valence-corrected chi connectivity index (χ3v) is 3.29. The van der Waals surface area contributed by atoms with E-state index in [1.54, 1.807) is 7.11 Å². The number of halogens is 1. The topological polar surface area (TPSA) is 30.5 Å². The van der Waals surface area contributed by atoms with Crippen LogP contribution in [0.25, 0.3) is 0 Å². The molecule has 2 aromatic rings. The summed E-state index contributed by atoms with van der Waals surface area (Å²) in [6.45, 7) is 1.33. The minimum Gasteiger partial charge on any atom is -0.497 e. The van der Waals surface area contributed by atoms with Gasteiger partial charge in [-0.1, -0.05) is 18.2 Å². The second-order valence-corrected chi connectivity index (χ2v) is 4.79. The summed E-state index contributed by atoms with van der Waals surface area (Å²) in [5.41, 5.74) is 1.07. The van der Waals surface area contributed by atoms with Crippen molar-refractivity contribution < 1.29 is 9.47 Å². The fraction of sp³-hybridized carbons (Fsp3) is 0.200. The zero-order valence-corrected chi connectivity index (χ0v) is 12.3. The molecule has 0 aliphatic heterocycles. The molecular formula is C15H16BrNO2. The standard InChI is InChI=1S/C15H16BrNO2/c1-18-12-5-4-6-13(11-12)19-10-9-17-15-8-3-2-7-14(15)16/h2-8,11,17H,9-10H2,1H3. The Morgan fingerprint density at radius 1 is 1.05 bits per heavy atom. The maximum absolute atomic E-state index is 5.65. The van der Waals surface area contributed by atoms with Gasteiger partial charge in [-0.2, -0.15) is 0 Å². The first-order valence-corrected chi connectivity index (χ1v) is 6.84. The molecule has 0 radical (unpaired) electrons. The van der Waals surface area contributed by atoms with Crippen LogP contribution in [0.3, 0.4) is 0 Å². The van der Waals surface area contributed by atoms with Crippen molar-refractivity contribution in [1.82, 2.24) is 0 Å². The highest BCUT2D eigenvalue weighted by Gasteiger charge is 1.98. The largest absolute Gasteiger partial charge is 0.497 e. The predicted octanol–water partition coefficient (Wildman–Crippen LogP) is 3.95. The number of benzene rings is 2. The van der Waals surface area contributed by atoms with Crippen LogP contribution in [0.15, 0.2) is 53.0 Å². The Kier molecular flexibility index (Phi) is 5.10. The average Bonchev–Trinajstić information content (AvgIpc) is 2.45. The second-order valence-electron chi connectivity index (χ2n) is 3.93. The molecule has 3 nitrogen and oxygen atoms in total. The molecule has 2 aromatic carbocycles. The van der Waals surface area contributed by atoms with E-state index in [0.717, 1.165) is 28.2 Å². The van der Waals surface area contributed by atoms with Crippen LogP contribution in [0, 0.1) is 0 Å². The Bertz CT molecular complexity index is 531. The van der Waals surface area contributed by atoms with E-state index in [1.165, 1.54) is 0 Å². The Morgan fingerprint density at radius 2 is 1.84 bits per heavy atom. The zero-order valence-electron chi connectivity index (χ0n) is 10.7. The first-order valence-electron chi connectivity index (χ1n) is 6.05. The van der Waals surface area contributed by atoms with Gasteiger partial charge in [-0.25, -0.2) is 0 Å². The van der Waals surface area contributed by atoms with Crippen molar-refractivity contribution in [1.29, 1.82) is 0 Å². The Hall–Kier alpha value is -1.68. The fourth-order valence-corrected chi connectivity index (χ4v) is 2.08. The van der Waals surface area contributed by atoms with Crippen molar-refractivity contribution in [3.8, 4) is 11.5 Å². The third-order valence-electron chi connectivity index (χ3n) is 2.60. The quantitative estimate of drug-likeness (QED) is 0.817. The molecule has 0 saturated heterocycles. The molecule has 0 aliphatic carbocycles. The van der Waals surface area contributed by atoms with Gasteiger partial charge in [0.15, 0.2) is 0 Å². The molecule has 0 aliphatic rings. The van der Waals surface area contributed by atoms with Crippen LogP contribution in [-0.4, -0.2) is 20.3 Å². The summed E-state index contributed by atoms with van der Waals surface area (Å²) in [5.74, 6) is 1.62. The number of hydrogen-bond donors (Lipinski definition) is 1. The van der Waals surface area contributed by atoms with Gasteiger partial charge in [0, 0.05) is 22.8 Å². The normalized spacial score (nSPS) is 10.0. The van der Waals surface area contributed by atoms with E-state index < -0.39 is 0 Å². The van der Waals surface area contributed by atoms with Gasteiger partial charge in [-0.15, -0.1) is 0 Å². The van der Waals surface area contributed by atoms with Gasteiger partial charge < -0.3 is 14.8 Å². The lowest BCUT2D eigenvalue weighted by Crippen LogP contribution is -2.11. The molecule has 0 fully saturated rings. The molecule has 100 valence electrons. The van der Waals surface area contributed by atoms with E-state index in [9.17, 15) is 0 Å². The molecule has 19 heavy (non-hydrogen) atoms. The summed E-state index contributed by atoms with van der Waals surface area (Å²) >= 11 is 3.49. The Balaban J connectivity index is 1.79. The molecule has 0 saturated carbocycles. The van der Waals surface area contributed by atoms with Gasteiger partial charge in [-0.05, 0) is 40.2 Å². The first-order chi connectivity index (χ1) is 9.29. The fourth-order valence-electron chi connectivity index (χ4n) is 1.65. The van der Waals surface area contributed by atoms with Gasteiger partial charge in [0.25, 0.3) is 0 Å². The van der Waals surface area contributed by atoms with Crippen LogP contribution < -0.4 is 14.8 Å². The van der Waals surface area contributed by atoms with Gasteiger partial charge in [0.1, 0.15) is 18.1 Å². The SMILES string of the molecule is COc1cccc(OCCNc2ccccc2Br)c1. The summed E-state index contributed by atoms with van der Waals surface area (Å²) < 4.78 is 11.8. The lowest BCUT2D eigenvalue weighted by molar-refractivity contribution is 0.329. The van der Waals surface area contributed by atoms with E-state index in [4.69, 9.17) is 9.47 Å². The molecule has 2 rings (SSSR count). The van der Waals surface area contributed by atoms with Gasteiger partial charge in [0.05, 0.1) is 7.11 Å². The number of ether oxygens (including phenoxy) is 2. The van der Waals surface area contributed by atoms with Crippen LogP contribution >= 0.6 is 15.9 Å². The zero-order chi connectivity index (χ0) is 13.5. The summed E-state index contributed by atoms with van der Waals surface area (Å²) in [7, 11) is 1.65. The molecule has 0 amide bonds. The third kappa shape index (κ3) is 4.17. The highest BCUT2D eigenvalue weighted by Crippen LogP contribution is 2.21.